The highest BCUT2D eigenvalue weighted by Gasteiger charge is 2.17. The molecule has 15 heavy (non-hydrogen) atoms. The van der Waals surface area contributed by atoms with Crippen molar-refractivity contribution >= 4 is 5.97 Å². The lowest BCUT2D eigenvalue weighted by molar-refractivity contribution is -0.137. The van der Waals surface area contributed by atoms with Crippen LogP contribution < -0.4 is 5.73 Å². The molecule has 4 heteroatoms. The average Bonchev–Trinajstić information content (AvgIpc) is 2.17. The topological polar surface area (TPSA) is 72.5 Å². The summed E-state index contributed by atoms with van der Waals surface area (Å²) in [5.41, 5.74) is 5.02. The van der Waals surface area contributed by atoms with Gasteiger partial charge in [0.1, 0.15) is 5.72 Å². The van der Waals surface area contributed by atoms with Crippen LogP contribution in [-0.4, -0.2) is 23.4 Å². The van der Waals surface area contributed by atoms with Crippen molar-refractivity contribution in [1.82, 2.24) is 0 Å². The number of rotatable bonds is 3. The average molecular weight is 209 g/mol. The van der Waals surface area contributed by atoms with Gasteiger partial charge in [0.25, 0.3) is 0 Å². The summed E-state index contributed by atoms with van der Waals surface area (Å²) in [5, 5.41) is 9.38. The van der Waals surface area contributed by atoms with E-state index < -0.39 is 5.72 Å². The Morgan fingerprint density at radius 2 is 2.53 bits per heavy atom. The van der Waals surface area contributed by atoms with E-state index >= 15 is 0 Å². The fourth-order valence-electron chi connectivity index (χ4n) is 1.14. The van der Waals surface area contributed by atoms with Gasteiger partial charge in [0.15, 0.2) is 0 Å². The quantitative estimate of drug-likeness (QED) is 0.406. The van der Waals surface area contributed by atoms with Crippen LogP contribution in [0, 0.1) is 0 Å². The van der Waals surface area contributed by atoms with Gasteiger partial charge in [0.2, 0.25) is 0 Å². The van der Waals surface area contributed by atoms with E-state index in [-0.39, 0.29) is 5.97 Å². The molecule has 0 spiro atoms. The van der Waals surface area contributed by atoms with Gasteiger partial charge in [0, 0.05) is 12.5 Å². The number of allylic oxidation sites excluding steroid dienone is 3. The largest absolute Gasteiger partial charge is 0.463 e. The molecule has 1 unspecified atom stereocenters. The van der Waals surface area contributed by atoms with Crippen molar-refractivity contribution in [3.05, 3.63) is 36.0 Å². The molecule has 0 saturated carbocycles. The van der Waals surface area contributed by atoms with E-state index in [1.807, 2.05) is 0 Å². The molecule has 4 nitrogen and oxygen atoms in total. The zero-order chi connectivity index (χ0) is 11.3. The van der Waals surface area contributed by atoms with E-state index in [4.69, 9.17) is 10.5 Å². The van der Waals surface area contributed by atoms with Crippen LogP contribution in [0.15, 0.2) is 36.0 Å². The zero-order valence-electron chi connectivity index (χ0n) is 8.64. The molecule has 1 aliphatic carbocycles. The third-order valence-electron chi connectivity index (χ3n) is 1.93. The molecule has 0 saturated heterocycles. The molecule has 1 aliphatic rings. The number of ether oxygens (including phenoxy) is 1. The number of nitrogens with two attached hydrogens (primary N) is 1. The van der Waals surface area contributed by atoms with Gasteiger partial charge in [-0.2, -0.15) is 0 Å². The third kappa shape index (κ3) is 4.10. The van der Waals surface area contributed by atoms with Crippen LogP contribution in [0.25, 0.3) is 0 Å². The first-order valence-electron chi connectivity index (χ1n) is 4.79. The van der Waals surface area contributed by atoms with E-state index in [0.29, 0.717) is 13.0 Å². The van der Waals surface area contributed by atoms with E-state index in [0.717, 1.165) is 5.57 Å². The van der Waals surface area contributed by atoms with Gasteiger partial charge in [-0.1, -0.05) is 12.2 Å². The molecule has 0 aromatic carbocycles. The number of carbonyl (C=O) groups is 1. The minimum Gasteiger partial charge on any atom is -0.463 e. The third-order valence-corrected chi connectivity index (χ3v) is 1.93. The van der Waals surface area contributed by atoms with Gasteiger partial charge in [-0.3, -0.25) is 0 Å². The van der Waals surface area contributed by atoms with Crippen molar-refractivity contribution in [1.29, 1.82) is 0 Å². The van der Waals surface area contributed by atoms with Gasteiger partial charge in [-0.05, 0) is 24.6 Å². The summed E-state index contributed by atoms with van der Waals surface area (Å²) in [4.78, 5) is 11.0. The first kappa shape index (κ1) is 11.7. The summed E-state index contributed by atoms with van der Waals surface area (Å²) in [6.45, 7) is 2.11. The van der Waals surface area contributed by atoms with Crippen molar-refractivity contribution in [2.45, 2.75) is 19.1 Å². The van der Waals surface area contributed by atoms with Crippen molar-refractivity contribution in [3.63, 3.8) is 0 Å². The van der Waals surface area contributed by atoms with Crippen LogP contribution in [0.5, 0.6) is 0 Å². The minimum atomic E-state index is -1.26. The lowest BCUT2D eigenvalue weighted by Gasteiger charge is -2.20. The summed E-state index contributed by atoms with van der Waals surface area (Å²) >= 11 is 0. The Morgan fingerprint density at radius 3 is 3.07 bits per heavy atom. The predicted octanol–water partition coefficient (Wildman–Crippen LogP) is 0.639. The molecule has 3 N–H and O–H groups in total. The predicted molar refractivity (Wildman–Crippen MR) is 56.8 cm³/mol. The SMILES string of the molecule is CCOC(=O)/C=C/C1=CCC(N)(O)C=C1. The maximum atomic E-state index is 11.0. The van der Waals surface area contributed by atoms with Crippen LogP contribution in [0.1, 0.15) is 13.3 Å². The Kier molecular flexibility index (Phi) is 3.82. The fourth-order valence-corrected chi connectivity index (χ4v) is 1.14. The Morgan fingerprint density at radius 1 is 1.80 bits per heavy atom. The van der Waals surface area contributed by atoms with Crippen molar-refractivity contribution < 1.29 is 14.6 Å². The molecule has 1 atom stereocenters. The molecule has 0 bridgehead atoms. The van der Waals surface area contributed by atoms with Crippen LogP contribution in [0.2, 0.25) is 0 Å². The maximum Gasteiger partial charge on any atom is 0.330 e. The second kappa shape index (κ2) is 4.91. The molecule has 0 aromatic heterocycles. The number of hydrogen-bond acceptors (Lipinski definition) is 4. The molecule has 0 aromatic rings. The highest BCUT2D eigenvalue weighted by atomic mass is 16.5. The lowest BCUT2D eigenvalue weighted by atomic mass is 10.0. The van der Waals surface area contributed by atoms with Crippen molar-refractivity contribution in [2.75, 3.05) is 6.61 Å². The molecule has 82 valence electrons. The first-order chi connectivity index (χ1) is 7.03. The molecule has 0 radical (unpaired) electrons. The highest BCUT2D eigenvalue weighted by molar-refractivity contribution is 5.82. The summed E-state index contributed by atoms with van der Waals surface area (Å²) in [6, 6.07) is 0. The number of esters is 1. The molecule has 1 rings (SSSR count). The normalized spacial score (nSPS) is 25.4. The first-order valence-corrected chi connectivity index (χ1v) is 4.79. The number of hydrogen-bond donors (Lipinski definition) is 2. The molecular weight excluding hydrogens is 194 g/mol. The van der Waals surface area contributed by atoms with E-state index in [1.165, 1.54) is 12.2 Å². The van der Waals surface area contributed by atoms with Crippen LogP contribution in [0.3, 0.4) is 0 Å². The van der Waals surface area contributed by atoms with Gasteiger partial charge >= 0.3 is 5.97 Å². The fraction of sp³-hybridized carbons (Fsp3) is 0.364. The van der Waals surface area contributed by atoms with Gasteiger partial charge in [-0.15, -0.1) is 0 Å². The smallest absolute Gasteiger partial charge is 0.330 e. The van der Waals surface area contributed by atoms with Crippen LogP contribution in [-0.2, 0) is 9.53 Å². The standard InChI is InChI=1S/C11H15NO3/c1-2-15-10(13)4-3-9-5-7-11(12,14)8-6-9/h3-7,14H,2,8,12H2,1H3/b4-3+. The van der Waals surface area contributed by atoms with E-state index in [2.05, 4.69) is 0 Å². The van der Waals surface area contributed by atoms with Crippen molar-refractivity contribution in [3.8, 4) is 0 Å². The highest BCUT2D eigenvalue weighted by Crippen LogP contribution is 2.16. The summed E-state index contributed by atoms with van der Waals surface area (Å²) in [6.07, 6.45) is 8.24. The second-order valence-corrected chi connectivity index (χ2v) is 3.32. The Labute approximate surface area is 88.7 Å². The maximum absolute atomic E-state index is 11.0. The minimum absolute atomic E-state index is 0.339. The van der Waals surface area contributed by atoms with Gasteiger partial charge < -0.3 is 15.6 Å². The molecule has 0 heterocycles. The number of carbonyl (C=O) groups excluding carboxylic acids is 1. The summed E-state index contributed by atoms with van der Waals surface area (Å²) in [7, 11) is 0. The summed E-state index contributed by atoms with van der Waals surface area (Å²) in [5.74, 6) is -0.375. The monoisotopic (exact) mass is 209 g/mol. The molecule has 0 aliphatic heterocycles. The summed E-state index contributed by atoms with van der Waals surface area (Å²) < 4.78 is 4.72. The molecule has 0 amide bonds. The van der Waals surface area contributed by atoms with E-state index in [9.17, 15) is 9.90 Å². The second-order valence-electron chi connectivity index (χ2n) is 3.32. The van der Waals surface area contributed by atoms with Gasteiger partial charge in [-0.25, -0.2) is 4.79 Å². The zero-order valence-corrected chi connectivity index (χ0v) is 8.64. The van der Waals surface area contributed by atoms with Gasteiger partial charge in [0.05, 0.1) is 6.61 Å². The lowest BCUT2D eigenvalue weighted by Crippen LogP contribution is -2.37. The van der Waals surface area contributed by atoms with Crippen LogP contribution >= 0.6 is 0 Å². The Hall–Kier alpha value is -1.39. The van der Waals surface area contributed by atoms with E-state index in [1.54, 1.807) is 25.2 Å². The number of aliphatic hydroxyl groups is 1. The Bertz CT molecular complexity index is 327. The molecular formula is C11H15NO3. The van der Waals surface area contributed by atoms with Crippen LogP contribution in [0.4, 0.5) is 0 Å². The molecule has 0 fully saturated rings. The van der Waals surface area contributed by atoms with Crippen molar-refractivity contribution in [2.24, 2.45) is 5.73 Å². The Balaban J connectivity index is 2.52.